The lowest BCUT2D eigenvalue weighted by Gasteiger charge is -2.22. The molecule has 0 aromatic carbocycles. The highest BCUT2D eigenvalue weighted by molar-refractivity contribution is 7.17. The van der Waals surface area contributed by atoms with Gasteiger partial charge in [-0.1, -0.05) is 6.92 Å². The second-order valence-electron chi connectivity index (χ2n) is 9.55. The Labute approximate surface area is 217 Å². The van der Waals surface area contributed by atoms with Crippen LogP contribution < -0.4 is 21.3 Å². The van der Waals surface area contributed by atoms with Crippen LogP contribution in [0.3, 0.4) is 0 Å². The van der Waals surface area contributed by atoms with Gasteiger partial charge in [0.15, 0.2) is 5.65 Å². The first-order chi connectivity index (χ1) is 18.0. The van der Waals surface area contributed by atoms with Crippen molar-refractivity contribution in [3.8, 4) is 10.6 Å². The quantitative estimate of drug-likeness (QED) is 0.265. The van der Waals surface area contributed by atoms with Gasteiger partial charge in [-0.2, -0.15) is 9.61 Å². The van der Waals surface area contributed by atoms with Crippen molar-refractivity contribution in [2.24, 2.45) is 0 Å². The lowest BCUT2D eigenvalue weighted by Crippen LogP contribution is -2.39. The summed E-state index contributed by atoms with van der Waals surface area (Å²) in [5.74, 6) is 0.215. The zero-order valence-corrected chi connectivity index (χ0v) is 21.2. The van der Waals surface area contributed by atoms with Crippen LogP contribution in [0.15, 0.2) is 30.1 Å². The number of imide groups is 1. The van der Waals surface area contributed by atoms with Gasteiger partial charge in [-0.15, -0.1) is 11.3 Å². The number of hydrogen-bond donors (Lipinski definition) is 4. The van der Waals surface area contributed by atoms with Crippen LogP contribution in [0, 0.1) is 0 Å². The van der Waals surface area contributed by atoms with E-state index in [0.29, 0.717) is 40.4 Å². The largest absolute Gasteiger partial charge is 0.367 e. The Morgan fingerprint density at radius 1 is 1.24 bits per heavy atom. The summed E-state index contributed by atoms with van der Waals surface area (Å²) in [6.45, 7) is 4.90. The summed E-state index contributed by atoms with van der Waals surface area (Å²) in [5, 5.41) is 15.8. The number of rotatable bonds is 8. The number of carbonyl (C=O) groups is 3. The Hall–Kier alpha value is -3.77. The van der Waals surface area contributed by atoms with Crippen molar-refractivity contribution < 1.29 is 14.4 Å². The van der Waals surface area contributed by atoms with E-state index in [1.807, 2.05) is 18.2 Å². The molecule has 5 heterocycles. The molecular weight excluding hydrogens is 492 g/mol. The van der Waals surface area contributed by atoms with Gasteiger partial charge < -0.3 is 16.0 Å². The second-order valence-corrected chi connectivity index (χ2v) is 10.6. The van der Waals surface area contributed by atoms with E-state index in [2.05, 4.69) is 38.2 Å². The fourth-order valence-corrected chi connectivity index (χ4v) is 5.71. The van der Waals surface area contributed by atoms with E-state index in [4.69, 9.17) is 4.98 Å². The second kappa shape index (κ2) is 9.60. The van der Waals surface area contributed by atoms with Gasteiger partial charge in [0, 0.05) is 30.3 Å². The molecule has 192 valence electrons. The number of fused-ring (bicyclic) bond motifs is 1. The van der Waals surface area contributed by atoms with Crippen LogP contribution in [0.4, 0.5) is 10.6 Å². The van der Waals surface area contributed by atoms with Crippen molar-refractivity contribution in [3.05, 3.63) is 40.5 Å². The summed E-state index contributed by atoms with van der Waals surface area (Å²) in [7, 11) is 0. The number of carbonyl (C=O) groups excluding carboxylic acids is 3. The zero-order valence-electron chi connectivity index (χ0n) is 20.4. The van der Waals surface area contributed by atoms with E-state index < -0.39 is 11.9 Å². The molecule has 3 aromatic heterocycles. The summed E-state index contributed by atoms with van der Waals surface area (Å²) in [5.41, 5.74) is 1.98. The van der Waals surface area contributed by atoms with Gasteiger partial charge in [-0.3, -0.25) is 19.8 Å². The number of amides is 4. The van der Waals surface area contributed by atoms with Gasteiger partial charge in [-0.25, -0.2) is 9.78 Å². The highest BCUT2D eigenvalue weighted by atomic mass is 32.1. The topological polar surface area (TPSA) is 133 Å². The number of aromatic nitrogens is 3. The molecule has 0 bridgehead atoms. The maximum atomic E-state index is 12.9. The third kappa shape index (κ3) is 4.81. The summed E-state index contributed by atoms with van der Waals surface area (Å²) < 4.78 is 1.70. The first-order valence-corrected chi connectivity index (χ1v) is 13.4. The molecule has 3 aromatic rings. The van der Waals surface area contributed by atoms with Crippen LogP contribution in [0.5, 0.6) is 0 Å². The lowest BCUT2D eigenvalue weighted by atomic mass is 10.2. The van der Waals surface area contributed by atoms with E-state index in [-0.39, 0.29) is 11.6 Å². The molecular formula is C25H28N8O3S. The number of nitrogens with one attached hydrogen (secondary N) is 4. The first kappa shape index (κ1) is 23.6. The fourth-order valence-electron chi connectivity index (χ4n) is 4.82. The Morgan fingerprint density at radius 2 is 2.11 bits per heavy atom. The van der Waals surface area contributed by atoms with Crippen LogP contribution in [0.2, 0.25) is 0 Å². The molecule has 1 aliphatic carbocycles. The van der Waals surface area contributed by atoms with Gasteiger partial charge >= 0.3 is 6.03 Å². The van der Waals surface area contributed by atoms with Crippen LogP contribution in [-0.2, 0) is 4.79 Å². The summed E-state index contributed by atoms with van der Waals surface area (Å²) in [4.78, 5) is 45.2. The summed E-state index contributed by atoms with van der Waals surface area (Å²) >= 11 is 1.39. The number of nitrogens with zero attached hydrogens (tertiary/aromatic N) is 4. The Kier molecular flexibility index (Phi) is 6.13. The molecule has 37 heavy (non-hydrogen) atoms. The number of urea groups is 1. The highest BCUT2D eigenvalue weighted by Gasteiger charge is 2.26. The smallest absolute Gasteiger partial charge is 0.326 e. The van der Waals surface area contributed by atoms with Gasteiger partial charge in [0.25, 0.3) is 11.8 Å². The predicted molar refractivity (Wildman–Crippen MR) is 140 cm³/mol. The summed E-state index contributed by atoms with van der Waals surface area (Å²) in [6, 6.07) is 5.90. The minimum Gasteiger partial charge on any atom is -0.367 e. The van der Waals surface area contributed by atoms with Crippen molar-refractivity contribution in [3.63, 3.8) is 0 Å². The van der Waals surface area contributed by atoms with Crippen LogP contribution >= 0.6 is 11.3 Å². The maximum Gasteiger partial charge on any atom is 0.326 e. The Bertz CT molecular complexity index is 1420. The number of likely N-dealkylation sites (tertiary alicyclic amines) is 1. The van der Waals surface area contributed by atoms with Crippen molar-refractivity contribution in [1.29, 1.82) is 0 Å². The van der Waals surface area contributed by atoms with Gasteiger partial charge in [-0.05, 0) is 57.0 Å². The molecule has 0 radical (unpaired) electrons. The molecule has 2 saturated heterocycles. The van der Waals surface area contributed by atoms with Gasteiger partial charge in [0.1, 0.15) is 11.5 Å². The monoisotopic (exact) mass is 520 g/mol. The summed E-state index contributed by atoms with van der Waals surface area (Å²) in [6.07, 6.45) is 7.64. The molecule has 2 aliphatic heterocycles. The highest BCUT2D eigenvalue weighted by Crippen LogP contribution is 2.32. The molecule has 3 aliphatic rings. The molecule has 1 atom stereocenters. The molecule has 3 fully saturated rings. The number of thiophene rings is 1. The Morgan fingerprint density at radius 3 is 2.86 bits per heavy atom. The van der Waals surface area contributed by atoms with Crippen molar-refractivity contribution >= 4 is 46.7 Å². The minimum absolute atomic E-state index is 0.0747. The van der Waals surface area contributed by atoms with E-state index in [1.165, 1.54) is 17.8 Å². The van der Waals surface area contributed by atoms with E-state index in [9.17, 15) is 14.4 Å². The van der Waals surface area contributed by atoms with E-state index in [0.717, 1.165) is 43.0 Å². The third-order valence-corrected chi connectivity index (χ3v) is 8.04. The maximum absolute atomic E-state index is 12.9. The SMILES string of the molecule is CCN1CCCC1CNC(=O)c1ccc(-c2cc(NC3CC3)n3ncc(/C=C4\NC(=O)NC4=O)c3n2)s1. The lowest BCUT2D eigenvalue weighted by molar-refractivity contribution is -0.115. The molecule has 12 heteroatoms. The average molecular weight is 521 g/mol. The number of anilines is 1. The predicted octanol–water partition coefficient (Wildman–Crippen LogP) is 2.43. The molecule has 4 amide bonds. The molecule has 11 nitrogen and oxygen atoms in total. The fraction of sp³-hybridized carbons (Fsp3) is 0.400. The van der Waals surface area contributed by atoms with Gasteiger partial charge in [0.05, 0.1) is 21.6 Å². The molecule has 1 saturated carbocycles. The minimum atomic E-state index is -0.558. The third-order valence-electron chi connectivity index (χ3n) is 6.93. The van der Waals surface area contributed by atoms with Crippen molar-refractivity contribution in [2.45, 2.75) is 44.7 Å². The van der Waals surface area contributed by atoms with Crippen LogP contribution in [0.25, 0.3) is 22.3 Å². The normalized spacial score (nSPS) is 21.0. The first-order valence-electron chi connectivity index (χ1n) is 12.6. The van der Waals surface area contributed by atoms with Gasteiger partial charge in [0.2, 0.25) is 0 Å². The average Bonchev–Trinajstić information content (AvgIpc) is 3.28. The van der Waals surface area contributed by atoms with E-state index >= 15 is 0 Å². The zero-order chi connectivity index (χ0) is 25.5. The van der Waals surface area contributed by atoms with E-state index in [1.54, 1.807) is 16.8 Å². The number of hydrogen-bond acceptors (Lipinski definition) is 8. The van der Waals surface area contributed by atoms with Crippen molar-refractivity contribution in [1.82, 2.24) is 35.4 Å². The number of likely N-dealkylation sites (N-methyl/N-ethyl adjacent to an activating group) is 1. The Balaban J connectivity index is 1.28. The standard InChI is InChI=1S/C25H28N8O3S/c1-2-32-9-3-4-16(32)13-26-24(35)20-8-7-19(37-20)17-11-21(28-15-5-6-15)33-22(29-17)14(12-27-33)10-18-23(34)31-25(36)30-18/h7-8,10-12,15-16,28H,2-6,9,13H2,1H3,(H,26,35)(H2,30,31,34,36)/b18-10-. The molecule has 4 N–H and O–H groups in total. The molecule has 6 rings (SSSR count). The van der Waals surface area contributed by atoms with Crippen molar-refractivity contribution in [2.75, 3.05) is 25.0 Å². The molecule has 0 spiro atoms. The van der Waals surface area contributed by atoms with Crippen LogP contribution in [-0.4, -0.2) is 69.1 Å². The molecule has 1 unspecified atom stereocenters. The van der Waals surface area contributed by atoms with Crippen LogP contribution in [0.1, 0.15) is 47.8 Å².